The lowest BCUT2D eigenvalue weighted by Gasteiger charge is -2.15. The van der Waals surface area contributed by atoms with Crippen LogP contribution in [0.25, 0.3) is 10.9 Å². The lowest BCUT2D eigenvalue weighted by molar-refractivity contribution is 0.314. The minimum atomic E-state index is -0.434. The third kappa shape index (κ3) is 4.40. The maximum Gasteiger partial charge on any atom is 0.143 e. The Labute approximate surface area is 165 Å². The van der Waals surface area contributed by atoms with Crippen LogP contribution in [0.1, 0.15) is 12.1 Å². The van der Waals surface area contributed by atoms with E-state index in [-0.39, 0.29) is 5.69 Å². The first kappa shape index (κ1) is 19.2. The van der Waals surface area contributed by atoms with Crippen LogP contribution in [0, 0.1) is 17.1 Å². The minimum Gasteiger partial charge on any atom is -0.492 e. The quantitative estimate of drug-likeness (QED) is 0.563. The van der Waals surface area contributed by atoms with Crippen LogP contribution in [0.4, 0.5) is 15.8 Å². The maximum absolute atomic E-state index is 13.5. The molecule has 0 fully saturated rings. The summed E-state index contributed by atoms with van der Waals surface area (Å²) in [5.74, 6) is 0.0260. The Kier molecular flexibility index (Phi) is 5.97. The molecule has 5 nitrogen and oxygen atoms in total. The van der Waals surface area contributed by atoms with Crippen LogP contribution in [0.2, 0.25) is 10.0 Å². The van der Waals surface area contributed by atoms with Gasteiger partial charge in [0.1, 0.15) is 23.3 Å². The molecule has 3 aromatic rings. The zero-order chi connectivity index (χ0) is 19.4. The van der Waals surface area contributed by atoms with Crippen LogP contribution >= 0.6 is 23.2 Å². The van der Waals surface area contributed by atoms with Gasteiger partial charge in [0, 0.05) is 17.5 Å². The summed E-state index contributed by atoms with van der Waals surface area (Å²) >= 11 is 12.5. The van der Waals surface area contributed by atoms with E-state index in [0.29, 0.717) is 57.6 Å². The van der Waals surface area contributed by atoms with E-state index in [2.05, 4.69) is 10.3 Å². The molecule has 0 aliphatic heterocycles. The predicted molar refractivity (Wildman–Crippen MR) is 105 cm³/mol. The Morgan fingerprint density at radius 3 is 2.70 bits per heavy atom. The van der Waals surface area contributed by atoms with Crippen molar-refractivity contribution in [3.05, 3.63) is 58.0 Å². The minimum absolute atomic E-state index is 0.153. The standard InChI is InChI=1S/C19H15Cl2FN4O/c20-14-8-15(21)19(27-5-1-4-23)9-18(14)26-17-7-12(10-24)25-16-6-11(22)2-3-13(16)17/h2-3,6-9H,1,4-5,23H2,(H,25,26). The molecule has 0 radical (unpaired) electrons. The number of ether oxygens (including phenoxy) is 1. The highest BCUT2D eigenvalue weighted by Gasteiger charge is 2.12. The number of fused-ring (bicyclic) bond motifs is 1. The maximum atomic E-state index is 13.5. The zero-order valence-corrected chi connectivity index (χ0v) is 15.6. The van der Waals surface area contributed by atoms with E-state index in [4.69, 9.17) is 33.7 Å². The number of hydrogen-bond donors (Lipinski definition) is 2. The first-order chi connectivity index (χ1) is 13.0. The fourth-order valence-electron chi connectivity index (χ4n) is 2.51. The van der Waals surface area contributed by atoms with Crippen molar-refractivity contribution in [2.24, 2.45) is 5.73 Å². The van der Waals surface area contributed by atoms with Gasteiger partial charge in [-0.05, 0) is 37.2 Å². The van der Waals surface area contributed by atoms with Gasteiger partial charge >= 0.3 is 0 Å². The number of nitrogens with two attached hydrogens (primary N) is 1. The van der Waals surface area contributed by atoms with Crippen molar-refractivity contribution in [1.82, 2.24) is 4.98 Å². The summed E-state index contributed by atoms with van der Waals surface area (Å²) in [6.45, 7) is 0.931. The number of benzene rings is 2. The number of aromatic nitrogens is 1. The van der Waals surface area contributed by atoms with E-state index in [9.17, 15) is 9.65 Å². The van der Waals surface area contributed by atoms with Crippen molar-refractivity contribution in [2.75, 3.05) is 18.5 Å². The highest BCUT2D eigenvalue weighted by Crippen LogP contribution is 2.37. The summed E-state index contributed by atoms with van der Waals surface area (Å²) in [6, 6.07) is 11.0. The Hall–Kier alpha value is -2.59. The summed E-state index contributed by atoms with van der Waals surface area (Å²) in [5.41, 5.74) is 7.08. The largest absolute Gasteiger partial charge is 0.492 e. The molecule has 3 rings (SSSR count). The number of anilines is 2. The van der Waals surface area contributed by atoms with Crippen LogP contribution < -0.4 is 15.8 Å². The van der Waals surface area contributed by atoms with E-state index >= 15 is 0 Å². The first-order valence-electron chi connectivity index (χ1n) is 8.11. The molecule has 27 heavy (non-hydrogen) atoms. The summed E-state index contributed by atoms with van der Waals surface area (Å²) in [5, 5.41) is 13.8. The highest BCUT2D eigenvalue weighted by molar-refractivity contribution is 6.37. The molecule has 1 aromatic heterocycles. The van der Waals surface area contributed by atoms with Crippen molar-refractivity contribution >= 4 is 45.5 Å². The lowest BCUT2D eigenvalue weighted by atomic mass is 10.1. The topological polar surface area (TPSA) is 84.0 Å². The van der Waals surface area contributed by atoms with E-state index in [0.717, 1.165) is 0 Å². The first-order valence-corrected chi connectivity index (χ1v) is 8.86. The second-order valence-electron chi connectivity index (χ2n) is 5.71. The van der Waals surface area contributed by atoms with Crippen LogP contribution in [0.5, 0.6) is 5.75 Å². The summed E-state index contributed by atoms with van der Waals surface area (Å²) in [7, 11) is 0. The Bertz CT molecular complexity index is 1040. The molecule has 2 aromatic carbocycles. The van der Waals surface area contributed by atoms with Gasteiger partial charge < -0.3 is 15.8 Å². The molecule has 0 unspecified atom stereocenters. The van der Waals surface area contributed by atoms with Crippen molar-refractivity contribution in [1.29, 1.82) is 5.26 Å². The molecule has 0 amide bonds. The van der Waals surface area contributed by atoms with Crippen molar-refractivity contribution in [3.63, 3.8) is 0 Å². The summed E-state index contributed by atoms with van der Waals surface area (Å²) in [6.07, 6.45) is 0.688. The number of nitrogens with one attached hydrogen (secondary N) is 1. The number of nitrogens with zero attached hydrogens (tertiary/aromatic N) is 2. The fourth-order valence-corrected chi connectivity index (χ4v) is 2.99. The van der Waals surface area contributed by atoms with E-state index in [1.165, 1.54) is 12.1 Å². The van der Waals surface area contributed by atoms with Crippen LogP contribution in [-0.2, 0) is 0 Å². The molecular formula is C19H15Cl2FN4O. The molecule has 0 aliphatic carbocycles. The van der Waals surface area contributed by atoms with Crippen LogP contribution in [0.3, 0.4) is 0 Å². The predicted octanol–water partition coefficient (Wildman–Crippen LogP) is 5.02. The number of hydrogen-bond acceptors (Lipinski definition) is 5. The second-order valence-corrected chi connectivity index (χ2v) is 6.52. The lowest BCUT2D eigenvalue weighted by Crippen LogP contribution is -2.06. The van der Waals surface area contributed by atoms with Crippen molar-refractivity contribution < 1.29 is 9.13 Å². The van der Waals surface area contributed by atoms with Gasteiger partial charge in [0.2, 0.25) is 0 Å². The van der Waals surface area contributed by atoms with Gasteiger partial charge in [0.25, 0.3) is 0 Å². The molecule has 0 atom stereocenters. The van der Waals surface area contributed by atoms with Gasteiger partial charge in [-0.1, -0.05) is 23.2 Å². The van der Waals surface area contributed by atoms with Gasteiger partial charge in [-0.25, -0.2) is 9.37 Å². The fraction of sp³-hybridized carbons (Fsp3) is 0.158. The molecule has 138 valence electrons. The Morgan fingerprint density at radius 1 is 1.15 bits per heavy atom. The third-order valence-electron chi connectivity index (χ3n) is 3.78. The molecule has 0 saturated carbocycles. The Balaban J connectivity index is 2.02. The molecule has 0 spiro atoms. The third-order valence-corrected chi connectivity index (χ3v) is 4.39. The number of rotatable bonds is 6. The number of nitriles is 1. The molecule has 3 N–H and O–H groups in total. The normalized spacial score (nSPS) is 10.6. The van der Waals surface area contributed by atoms with Gasteiger partial charge in [-0.2, -0.15) is 5.26 Å². The van der Waals surface area contributed by atoms with Crippen LogP contribution in [-0.4, -0.2) is 18.1 Å². The second kappa shape index (κ2) is 8.40. The average Bonchev–Trinajstić information content (AvgIpc) is 2.64. The van der Waals surface area contributed by atoms with Gasteiger partial charge in [-0.3, -0.25) is 0 Å². The zero-order valence-electron chi connectivity index (χ0n) is 14.1. The number of halogens is 3. The van der Waals surface area contributed by atoms with Crippen molar-refractivity contribution in [3.8, 4) is 11.8 Å². The van der Waals surface area contributed by atoms with E-state index in [1.54, 1.807) is 24.3 Å². The highest BCUT2D eigenvalue weighted by atomic mass is 35.5. The molecule has 1 heterocycles. The number of pyridine rings is 1. The smallest absolute Gasteiger partial charge is 0.143 e. The van der Waals surface area contributed by atoms with Crippen LogP contribution in [0.15, 0.2) is 36.4 Å². The molecule has 0 saturated heterocycles. The van der Waals surface area contributed by atoms with E-state index in [1.807, 2.05) is 6.07 Å². The molecule has 8 heteroatoms. The molecule has 0 bridgehead atoms. The summed E-state index contributed by atoms with van der Waals surface area (Å²) in [4.78, 5) is 4.13. The summed E-state index contributed by atoms with van der Waals surface area (Å²) < 4.78 is 19.2. The SMILES string of the molecule is N#Cc1cc(Nc2cc(OCCCN)c(Cl)cc2Cl)c2ccc(F)cc2n1. The Morgan fingerprint density at radius 2 is 1.96 bits per heavy atom. The van der Waals surface area contributed by atoms with Gasteiger partial charge in [0.05, 0.1) is 33.5 Å². The molecule has 0 aliphatic rings. The monoisotopic (exact) mass is 404 g/mol. The van der Waals surface area contributed by atoms with Gasteiger partial charge in [-0.15, -0.1) is 0 Å². The van der Waals surface area contributed by atoms with E-state index < -0.39 is 5.82 Å². The average molecular weight is 405 g/mol. The van der Waals surface area contributed by atoms with Gasteiger partial charge in [0.15, 0.2) is 0 Å². The van der Waals surface area contributed by atoms with Crippen molar-refractivity contribution in [2.45, 2.75) is 6.42 Å². The molecular weight excluding hydrogens is 390 g/mol.